The van der Waals surface area contributed by atoms with E-state index in [0.29, 0.717) is 0 Å². The van der Waals surface area contributed by atoms with E-state index in [2.05, 4.69) is 5.32 Å². The van der Waals surface area contributed by atoms with Crippen molar-refractivity contribution in [1.29, 1.82) is 0 Å². The van der Waals surface area contributed by atoms with Gasteiger partial charge in [0.15, 0.2) is 0 Å². The predicted octanol–water partition coefficient (Wildman–Crippen LogP) is 1.53. The van der Waals surface area contributed by atoms with Crippen LogP contribution in [-0.2, 0) is 16.6 Å². The summed E-state index contributed by atoms with van der Waals surface area (Å²) in [5.41, 5.74) is 1.63. The highest BCUT2D eigenvalue weighted by Crippen LogP contribution is 2.43. The average Bonchev–Trinajstić information content (AvgIpc) is 2.75. The molecule has 1 aliphatic heterocycles. The van der Waals surface area contributed by atoms with Crippen LogP contribution in [-0.4, -0.2) is 12.5 Å². The maximum atomic E-state index is 13.2. The number of hydrogen-bond donors (Lipinski definition) is 1. The Bertz CT molecular complexity index is 443. The summed E-state index contributed by atoms with van der Waals surface area (Å²) in [6, 6.07) is 4.82. The number of carbonyl (C=O) groups is 1. The van der Waals surface area contributed by atoms with E-state index in [1.807, 2.05) is 6.07 Å². The van der Waals surface area contributed by atoms with Gasteiger partial charge in [0.1, 0.15) is 5.82 Å². The third kappa shape index (κ3) is 1.06. The molecule has 1 atom stereocenters. The lowest BCUT2D eigenvalue weighted by Gasteiger charge is -2.20. The molecule has 78 valence electrons. The van der Waals surface area contributed by atoms with Crippen molar-refractivity contribution in [3.05, 3.63) is 35.1 Å². The van der Waals surface area contributed by atoms with Crippen molar-refractivity contribution in [3.8, 4) is 0 Å². The molecule has 1 unspecified atom stereocenters. The summed E-state index contributed by atoms with van der Waals surface area (Å²) in [7, 11) is 0. The molecule has 1 aromatic carbocycles. The van der Waals surface area contributed by atoms with E-state index in [9.17, 15) is 9.18 Å². The van der Waals surface area contributed by atoms with Gasteiger partial charge < -0.3 is 5.32 Å². The monoisotopic (exact) mass is 205 g/mol. The highest BCUT2D eigenvalue weighted by molar-refractivity contribution is 5.91. The van der Waals surface area contributed by atoms with Gasteiger partial charge in [-0.05, 0) is 42.5 Å². The molecule has 0 bridgehead atoms. The van der Waals surface area contributed by atoms with Crippen LogP contribution in [0.1, 0.15) is 24.0 Å². The molecule has 15 heavy (non-hydrogen) atoms. The van der Waals surface area contributed by atoms with Crippen LogP contribution >= 0.6 is 0 Å². The highest BCUT2D eigenvalue weighted by atomic mass is 19.1. The Morgan fingerprint density at radius 1 is 1.33 bits per heavy atom. The number of amides is 1. The van der Waals surface area contributed by atoms with Crippen LogP contribution in [0.5, 0.6) is 0 Å². The largest absolute Gasteiger partial charge is 0.355 e. The number of benzene rings is 1. The third-order valence-corrected chi connectivity index (χ3v) is 3.68. The van der Waals surface area contributed by atoms with Crippen LogP contribution in [0.4, 0.5) is 4.39 Å². The molecule has 3 heteroatoms. The van der Waals surface area contributed by atoms with E-state index >= 15 is 0 Å². The minimum absolute atomic E-state index is 0.0758. The first-order chi connectivity index (χ1) is 7.22. The molecule has 1 aromatic rings. The number of hydrogen-bond acceptors (Lipinski definition) is 1. The van der Waals surface area contributed by atoms with Gasteiger partial charge >= 0.3 is 0 Å². The molecule has 1 saturated heterocycles. The van der Waals surface area contributed by atoms with Gasteiger partial charge in [0.25, 0.3) is 0 Å². The summed E-state index contributed by atoms with van der Waals surface area (Å²) < 4.78 is 13.2. The Labute approximate surface area is 87.5 Å². The number of rotatable bonds is 0. The molecular formula is C12H12FNO. The first-order valence-electron chi connectivity index (χ1n) is 5.30. The van der Waals surface area contributed by atoms with E-state index in [-0.39, 0.29) is 11.7 Å². The van der Waals surface area contributed by atoms with Crippen LogP contribution in [0.25, 0.3) is 0 Å². The fourth-order valence-electron chi connectivity index (χ4n) is 2.86. The Balaban J connectivity index is 2.18. The normalized spacial score (nSPS) is 28.2. The molecule has 1 amide bonds. The van der Waals surface area contributed by atoms with Gasteiger partial charge in [0.2, 0.25) is 5.91 Å². The summed E-state index contributed by atoms with van der Waals surface area (Å²) >= 11 is 0. The third-order valence-electron chi connectivity index (χ3n) is 3.68. The lowest BCUT2D eigenvalue weighted by molar-refractivity contribution is -0.123. The lowest BCUT2D eigenvalue weighted by atomic mass is 9.80. The SMILES string of the molecule is O=C1NCCC12CCc1ccc(F)cc12. The maximum Gasteiger partial charge on any atom is 0.230 e. The van der Waals surface area contributed by atoms with E-state index in [1.165, 1.54) is 12.1 Å². The van der Waals surface area contributed by atoms with E-state index in [0.717, 1.165) is 36.9 Å². The first kappa shape index (κ1) is 8.89. The van der Waals surface area contributed by atoms with Gasteiger partial charge in [-0.25, -0.2) is 4.39 Å². The summed E-state index contributed by atoms with van der Waals surface area (Å²) in [6.45, 7) is 0.717. The average molecular weight is 205 g/mol. The number of halogens is 1. The second-order valence-corrected chi connectivity index (χ2v) is 4.39. The van der Waals surface area contributed by atoms with Crippen LogP contribution < -0.4 is 5.32 Å². The smallest absolute Gasteiger partial charge is 0.230 e. The molecule has 2 nitrogen and oxygen atoms in total. The van der Waals surface area contributed by atoms with E-state index < -0.39 is 5.41 Å². The van der Waals surface area contributed by atoms with Crippen LogP contribution in [0.15, 0.2) is 18.2 Å². The van der Waals surface area contributed by atoms with Crippen molar-refractivity contribution in [2.75, 3.05) is 6.54 Å². The molecule has 1 aliphatic carbocycles. The summed E-state index contributed by atoms with van der Waals surface area (Å²) in [4.78, 5) is 11.8. The molecule has 2 aliphatic rings. The number of aryl methyl sites for hydroxylation is 1. The minimum atomic E-state index is -0.419. The number of nitrogens with one attached hydrogen (secondary N) is 1. The van der Waals surface area contributed by atoms with Crippen molar-refractivity contribution in [2.24, 2.45) is 0 Å². The second kappa shape index (κ2) is 2.81. The van der Waals surface area contributed by atoms with Gasteiger partial charge in [-0.3, -0.25) is 4.79 Å². The second-order valence-electron chi connectivity index (χ2n) is 4.39. The van der Waals surface area contributed by atoms with E-state index in [1.54, 1.807) is 0 Å². The topological polar surface area (TPSA) is 29.1 Å². The quantitative estimate of drug-likeness (QED) is 0.683. The van der Waals surface area contributed by atoms with Gasteiger partial charge in [0, 0.05) is 6.54 Å². The Morgan fingerprint density at radius 2 is 2.20 bits per heavy atom. The zero-order valence-electron chi connectivity index (χ0n) is 8.35. The van der Waals surface area contributed by atoms with Crippen LogP contribution in [0.3, 0.4) is 0 Å². The fraction of sp³-hybridized carbons (Fsp3) is 0.417. The first-order valence-corrected chi connectivity index (χ1v) is 5.30. The number of fused-ring (bicyclic) bond motifs is 2. The van der Waals surface area contributed by atoms with Crippen molar-refractivity contribution >= 4 is 5.91 Å². The molecule has 0 aromatic heterocycles. The van der Waals surface area contributed by atoms with Gasteiger partial charge in [0.05, 0.1) is 5.41 Å². The molecular weight excluding hydrogens is 193 g/mol. The molecule has 0 saturated carbocycles. The summed E-state index contributed by atoms with van der Waals surface area (Å²) in [5.74, 6) is -0.165. The minimum Gasteiger partial charge on any atom is -0.355 e. The lowest BCUT2D eigenvalue weighted by Crippen LogP contribution is -2.33. The Kier molecular flexibility index (Phi) is 1.67. The van der Waals surface area contributed by atoms with Gasteiger partial charge in [-0.15, -0.1) is 0 Å². The number of carbonyl (C=O) groups excluding carboxylic acids is 1. The molecule has 0 radical (unpaired) electrons. The Hall–Kier alpha value is -1.38. The van der Waals surface area contributed by atoms with Crippen LogP contribution in [0.2, 0.25) is 0 Å². The van der Waals surface area contributed by atoms with Gasteiger partial charge in [-0.2, -0.15) is 0 Å². The summed E-state index contributed by atoms with van der Waals surface area (Å²) in [6.07, 6.45) is 2.53. The highest BCUT2D eigenvalue weighted by Gasteiger charge is 2.48. The van der Waals surface area contributed by atoms with Crippen molar-refractivity contribution in [1.82, 2.24) is 5.32 Å². The predicted molar refractivity (Wildman–Crippen MR) is 54.0 cm³/mol. The zero-order chi connectivity index (χ0) is 10.5. The van der Waals surface area contributed by atoms with Crippen LogP contribution in [0, 0.1) is 5.82 Å². The molecule has 3 rings (SSSR count). The molecule has 1 heterocycles. The Morgan fingerprint density at radius 3 is 2.93 bits per heavy atom. The summed E-state index contributed by atoms with van der Waals surface area (Å²) in [5, 5.41) is 2.85. The fourth-order valence-corrected chi connectivity index (χ4v) is 2.86. The van der Waals surface area contributed by atoms with Gasteiger partial charge in [-0.1, -0.05) is 6.07 Å². The van der Waals surface area contributed by atoms with Crippen molar-refractivity contribution in [2.45, 2.75) is 24.7 Å². The standard InChI is InChI=1S/C12H12FNO/c13-9-2-1-8-3-4-12(10(8)7-9)5-6-14-11(12)15/h1-2,7H,3-6H2,(H,14,15). The maximum absolute atomic E-state index is 13.2. The zero-order valence-corrected chi connectivity index (χ0v) is 8.35. The molecule has 1 fully saturated rings. The van der Waals surface area contributed by atoms with E-state index in [4.69, 9.17) is 0 Å². The van der Waals surface area contributed by atoms with Crippen molar-refractivity contribution < 1.29 is 9.18 Å². The molecule has 1 spiro atoms. The van der Waals surface area contributed by atoms with Crippen molar-refractivity contribution in [3.63, 3.8) is 0 Å². The molecule has 1 N–H and O–H groups in total.